The van der Waals surface area contributed by atoms with Crippen LogP contribution in [0.3, 0.4) is 0 Å². The van der Waals surface area contributed by atoms with Crippen molar-refractivity contribution >= 4 is 69.1 Å². The van der Waals surface area contributed by atoms with Crippen molar-refractivity contribution in [2.45, 2.75) is 49.3 Å². The lowest BCUT2D eigenvalue weighted by atomic mass is 10.0. The molecule has 9 nitrogen and oxygen atoms in total. The largest absolute Gasteiger partial charge is 0.463 e. The molecule has 164 valence electrons. The third kappa shape index (κ3) is 6.77. The fraction of sp³-hybridized carbons (Fsp3) is 0.474. The Morgan fingerprint density at radius 2 is 1.53 bits per heavy atom. The van der Waals surface area contributed by atoms with E-state index in [1.165, 1.54) is 20.8 Å². The molecular formula is C19H20I2O9. The number of halogens is 2. The number of rotatable bonds is 6. The van der Waals surface area contributed by atoms with Gasteiger partial charge >= 0.3 is 23.9 Å². The number of alkyl halides is 1. The molecule has 1 aliphatic heterocycles. The Bertz CT molecular complexity index is 813. The second-order valence-electron chi connectivity index (χ2n) is 6.32. The molecule has 30 heavy (non-hydrogen) atoms. The van der Waals surface area contributed by atoms with Crippen molar-refractivity contribution in [1.82, 2.24) is 0 Å². The molecule has 0 aliphatic carbocycles. The minimum atomic E-state index is -1.15. The van der Waals surface area contributed by atoms with Crippen LogP contribution >= 0.6 is 45.2 Å². The monoisotopic (exact) mass is 646 g/mol. The number of carbonyl (C=O) groups is 4. The number of benzene rings is 1. The highest BCUT2D eigenvalue weighted by Gasteiger charge is 2.50. The number of ether oxygens (including phenoxy) is 5. The summed E-state index contributed by atoms with van der Waals surface area (Å²) in [5.74, 6) is -2.46. The third-order valence-electron chi connectivity index (χ3n) is 3.94. The zero-order valence-electron chi connectivity index (χ0n) is 16.3. The van der Waals surface area contributed by atoms with Gasteiger partial charge in [-0.2, -0.15) is 0 Å². The minimum absolute atomic E-state index is 0.286. The Morgan fingerprint density at radius 3 is 2.10 bits per heavy atom. The van der Waals surface area contributed by atoms with Crippen LogP contribution in [0.4, 0.5) is 0 Å². The van der Waals surface area contributed by atoms with Gasteiger partial charge in [0.2, 0.25) is 6.29 Å². The molecular weight excluding hydrogens is 626 g/mol. The molecule has 1 aromatic carbocycles. The van der Waals surface area contributed by atoms with Crippen molar-refractivity contribution in [3.8, 4) is 0 Å². The quantitative estimate of drug-likeness (QED) is 0.199. The molecule has 0 aromatic heterocycles. The number of esters is 4. The second kappa shape index (κ2) is 11.2. The average Bonchev–Trinajstić information content (AvgIpc) is 2.65. The van der Waals surface area contributed by atoms with Crippen LogP contribution in [0.25, 0.3) is 0 Å². The van der Waals surface area contributed by atoms with Crippen molar-refractivity contribution in [3.05, 3.63) is 33.4 Å². The van der Waals surface area contributed by atoms with Crippen LogP contribution in [0, 0.1) is 3.57 Å². The predicted molar refractivity (Wildman–Crippen MR) is 119 cm³/mol. The first-order chi connectivity index (χ1) is 14.1. The van der Waals surface area contributed by atoms with E-state index in [9.17, 15) is 19.2 Å². The van der Waals surface area contributed by atoms with Crippen LogP contribution in [0.15, 0.2) is 24.3 Å². The lowest BCUT2D eigenvalue weighted by Crippen LogP contribution is -2.60. The molecule has 1 aliphatic rings. The summed E-state index contributed by atoms with van der Waals surface area (Å²) in [4.78, 5) is 47.2. The molecule has 1 heterocycles. The Kier molecular flexibility index (Phi) is 9.28. The summed E-state index contributed by atoms with van der Waals surface area (Å²) < 4.78 is 27.0. The summed E-state index contributed by atoms with van der Waals surface area (Å²) >= 11 is 3.92. The molecule has 0 spiro atoms. The fourth-order valence-corrected chi connectivity index (χ4v) is 4.23. The van der Waals surface area contributed by atoms with Gasteiger partial charge in [0.1, 0.15) is 16.6 Å². The molecule has 0 saturated carbocycles. The smallest absolute Gasteiger partial charge is 0.341 e. The number of hydrogen-bond acceptors (Lipinski definition) is 9. The highest BCUT2D eigenvalue weighted by molar-refractivity contribution is 14.1. The van der Waals surface area contributed by atoms with Crippen molar-refractivity contribution < 1.29 is 42.9 Å². The lowest BCUT2D eigenvalue weighted by Gasteiger charge is -2.42. The zero-order chi connectivity index (χ0) is 22.4. The molecule has 0 unspecified atom stereocenters. The highest BCUT2D eigenvalue weighted by Crippen LogP contribution is 2.33. The standard InChI is InChI=1S/C19H20I2O9/c1-9(22)26-8-14-16(27-10(2)23)17(28-11(3)24)15(21)19(29-14)30-18(25)12-6-4-5-7-13(12)20/h4-7,14-17,19H,8H2,1-3H3/t14-,15+,16-,17-,19-/m1/s1. The van der Waals surface area contributed by atoms with Crippen LogP contribution in [0.2, 0.25) is 0 Å². The first-order valence-corrected chi connectivity index (χ1v) is 11.2. The zero-order valence-corrected chi connectivity index (χ0v) is 20.6. The predicted octanol–water partition coefficient (Wildman–Crippen LogP) is 2.40. The van der Waals surface area contributed by atoms with E-state index < -0.39 is 52.4 Å². The van der Waals surface area contributed by atoms with E-state index in [2.05, 4.69) is 0 Å². The van der Waals surface area contributed by atoms with Gasteiger partial charge in [0, 0.05) is 24.3 Å². The summed E-state index contributed by atoms with van der Waals surface area (Å²) in [7, 11) is 0. The highest BCUT2D eigenvalue weighted by atomic mass is 127. The summed E-state index contributed by atoms with van der Waals surface area (Å²) in [6.45, 7) is 3.33. The van der Waals surface area contributed by atoms with Gasteiger partial charge in [0.15, 0.2) is 12.2 Å². The maximum atomic E-state index is 12.7. The minimum Gasteiger partial charge on any atom is -0.463 e. The molecule has 5 atom stereocenters. The van der Waals surface area contributed by atoms with E-state index in [1.807, 2.05) is 45.2 Å². The van der Waals surface area contributed by atoms with E-state index in [1.54, 1.807) is 24.3 Å². The number of hydrogen-bond donors (Lipinski definition) is 0. The van der Waals surface area contributed by atoms with E-state index in [0.29, 0.717) is 9.13 Å². The van der Waals surface area contributed by atoms with Gasteiger partial charge in [-0.3, -0.25) is 14.4 Å². The van der Waals surface area contributed by atoms with E-state index in [-0.39, 0.29) is 6.61 Å². The van der Waals surface area contributed by atoms with Crippen molar-refractivity contribution in [3.63, 3.8) is 0 Å². The fourth-order valence-electron chi connectivity index (χ4n) is 2.75. The van der Waals surface area contributed by atoms with Crippen LogP contribution in [0.1, 0.15) is 31.1 Å². The molecule has 2 rings (SSSR count). The van der Waals surface area contributed by atoms with Gasteiger partial charge < -0.3 is 23.7 Å². The molecule has 0 amide bonds. The summed E-state index contributed by atoms with van der Waals surface area (Å²) in [6, 6.07) is 6.84. The summed E-state index contributed by atoms with van der Waals surface area (Å²) in [5, 5.41) is 0. The van der Waals surface area contributed by atoms with Crippen LogP contribution in [-0.2, 0) is 38.1 Å². The van der Waals surface area contributed by atoms with E-state index >= 15 is 0 Å². The molecule has 1 fully saturated rings. The van der Waals surface area contributed by atoms with Gasteiger partial charge in [-0.1, -0.05) is 34.7 Å². The van der Waals surface area contributed by atoms with E-state index in [4.69, 9.17) is 23.7 Å². The van der Waals surface area contributed by atoms with Gasteiger partial charge in [0.05, 0.1) is 5.56 Å². The third-order valence-corrected chi connectivity index (χ3v) is 6.18. The van der Waals surface area contributed by atoms with Gasteiger partial charge in [-0.15, -0.1) is 0 Å². The van der Waals surface area contributed by atoms with Gasteiger partial charge in [-0.25, -0.2) is 4.79 Å². The van der Waals surface area contributed by atoms with E-state index in [0.717, 1.165) is 0 Å². The first-order valence-electron chi connectivity index (χ1n) is 8.83. The normalized spacial score (nSPS) is 25.7. The summed E-state index contributed by atoms with van der Waals surface area (Å²) in [6.07, 6.45) is -4.21. The SMILES string of the molecule is CC(=O)OC[C@H]1O[C@H](OC(=O)c2ccccc2I)[C@@H](I)[C@@H](OC(C)=O)[C@@H]1OC(C)=O. The molecule has 11 heteroatoms. The Labute approximate surface area is 200 Å². The molecule has 1 saturated heterocycles. The second-order valence-corrected chi connectivity index (χ2v) is 8.92. The van der Waals surface area contributed by atoms with Crippen molar-refractivity contribution in [2.75, 3.05) is 6.61 Å². The Morgan fingerprint density at radius 1 is 0.933 bits per heavy atom. The average molecular weight is 646 g/mol. The van der Waals surface area contributed by atoms with Gasteiger partial charge in [0.25, 0.3) is 0 Å². The first kappa shape index (κ1) is 24.8. The molecule has 0 radical (unpaired) electrons. The maximum Gasteiger partial charge on any atom is 0.341 e. The van der Waals surface area contributed by atoms with Crippen LogP contribution in [0.5, 0.6) is 0 Å². The summed E-state index contributed by atoms with van der Waals surface area (Å²) in [5.41, 5.74) is 0.341. The number of carbonyl (C=O) groups excluding carboxylic acids is 4. The molecule has 1 aromatic rings. The molecule has 0 N–H and O–H groups in total. The van der Waals surface area contributed by atoms with Gasteiger partial charge in [-0.05, 0) is 34.7 Å². The lowest BCUT2D eigenvalue weighted by molar-refractivity contribution is -0.246. The van der Waals surface area contributed by atoms with Crippen molar-refractivity contribution in [1.29, 1.82) is 0 Å². The van der Waals surface area contributed by atoms with Crippen LogP contribution in [-0.4, -0.2) is 59.0 Å². The van der Waals surface area contributed by atoms with Crippen LogP contribution < -0.4 is 0 Å². The Balaban J connectivity index is 2.30. The van der Waals surface area contributed by atoms with Crippen molar-refractivity contribution in [2.24, 2.45) is 0 Å². The topological polar surface area (TPSA) is 114 Å². The maximum absolute atomic E-state index is 12.7. The molecule has 0 bridgehead atoms. The Hall–Kier alpha value is -1.48.